The van der Waals surface area contributed by atoms with Crippen LogP contribution in [0.25, 0.3) is 0 Å². The fourth-order valence-electron chi connectivity index (χ4n) is 4.69. The Hall–Kier alpha value is -4.03. The van der Waals surface area contributed by atoms with E-state index in [2.05, 4.69) is 24.7 Å². The molecule has 2 aromatic carbocycles. The van der Waals surface area contributed by atoms with Crippen LogP contribution in [0.1, 0.15) is 40.2 Å². The maximum absolute atomic E-state index is 14.1. The topological polar surface area (TPSA) is 117 Å². The fraction of sp³-hybridized carbons (Fsp3) is 0.222. The predicted octanol–water partition coefficient (Wildman–Crippen LogP) is 5.87. The van der Waals surface area contributed by atoms with Crippen molar-refractivity contribution in [3.05, 3.63) is 94.3 Å². The molecule has 0 spiro atoms. The molecule has 0 atom stereocenters. The van der Waals surface area contributed by atoms with Gasteiger partial charge in [0, 0.05) is 30.9 Å². The monoisotopic (exact) mass is 587 g/mol. The Kier molecular flexibility index (Phi) is 7.72. The average Bonchev–Trinajstić information content (AvgIpc) is 3.44. The number of likely N-dealkylation sites (tertiary alicyclic amines) is 1. The van der Waals surface area contributed by atoms with Crippen LogP contribution in [0.2, 0.25) is 5.02 Å². The third-order valence-corrected chi connectivity index (χ3v) is 8.48. The summed E-state index contributed by atoms with van der Waals surface area (Å²) in [5, 5.41) is 6.32. The standard InChI is InChI=1S/C27H24ClF2N5O4S/c1-16-25(32-23-14-20(30)6-7-22(23)28)21(15-31-26(16)40(37,38)34-24-10-13-39-33-24)27(36)35-11-8-18(9-12-35)17-2-4-19(29)5-3-17/h2-7,10,13-15,18H,8-9,11-12H2,1H3,(H,31,32)(H,33,34). The van der Waals surface area contributed by atoms with E-state index in [0.29, 0.717) is 25.9 Å². The van der Waals surface area contributed by atoms with E-state index in [1.807, 2.05) is 0 Å². The SMILES string of the molecule is Cc1c(S(=O)(=O)Nc2ccon2)ncc(C(=O)N2CCC(c3ccc(F)cc3)CC2)c1Nc1cc(F)ccc1Cl. The average molecular weight is 588 g/mol. The van der Waals surface area contributed by atoms with E-state index in [4.69, 9.17) is 11.6 Å². The van der Waals surface area contributed by atoms with Crippen LogP contribution in [0, 0.1) is 18.6 Å². The van der Waals surface area contributed by atoms with E-state index in [0.717, 1.165) is 11.6 Å². The van der Waals surface area contributed by atoms with E-state index in [-0.39, 0.29) is 56.0 Å². The van der Waals surface area contributed by atoms with Gasteiger partial charge in [-0.05, 0) is 61.6 Å². The van der Waals surface area contributed by atoms with Gasteiger partial charge in [0.25, 0.3) is 15.9 Å². The van der Waals surface area contributed by atoms with Crippen LogP contribution in [0.15, 0.2) is 70.5 Å². The molecule has 2 aromatic heterocycles. The second-order valence-electron chi connectivity index (χ2n) is 9.33. The number of hydrogen-bond acceptors (Lipinski definition) is 7. The summed E-state index contributed by atoms with van der Waals surface area (Å²) in [6, 6.07) is 11.3. The molecule has 9 nitrogen and oxygen atoms in total. The third kappa shape index (κ3) is 5.77. The van der Waals surface area contributed by atoms with Gasteiger partial charge in [0.1, 0.15) is 17.9 Å². The maximum atomic E-state index is 14.1. The van der Waals surface area contributed by atoms with Gasteiger partial charge in [-0.15, -0.1) is 0 Å². The van der Waals surface area contributed by atoms with Gasteiger partial charge in [0.05, 0.1) is 22.0 Å². The Balaban J connectivity index is 1.47. The molecule has 2 N–H and O–H groups in total. The molecule has 0 saturated carbocycles. The third-order valence-electron chi connectivity index (χ3n) is 6.75. The molecule has 1 aliphatic rings. The summed E-state index contributed by atoms with van der Waals surface area (Å²) < 4.78 is 60.6. The summed E-state index contributed by atoms with van der Waals surface area (Å²) in [5.41, 5.74) is 1.48. The number of piperidine rings is 1. The van der Waals surface area contributed by atoms with Gasteiger partial charge in [-0.3, -0.25) is 9.52 Å². The summed E-state index contributed by atoms with van der Waals surface area (Å²) in [5.74, 6) is -1.14. The molecule has 1 saturated heterocycles. The number of anilines is 3. The summed E-state index contributed by atoms with van der Waals surface area (Å²) in [6.07, 6.45) is 3.71. The number of halogens is 3. The first-order chi connectivity index (χ1) is 19.1. The Morgan fingerprint density at radius 3 is 2.45 bits per heavy atom. The predicted molar refractivity (Wildman–Crippen MR) is 145 cm³/mol. The first kappa shape index (κ1) is 27.5. The van der Waals surface area contributed by atoms with Gasteiger partial charge < -0.3 is 14.7 Å². The van der Waals surface area contributed by atoms with Crippen molar-refractivity contribution in [1.82, 2.24) is 15.0 Å². The van der Waals surface area contributed by atoms with Crippen LogP contribution in [-0.2, 0) is 10.0 Å². The number of nitrogens with one attached hydrogen (secondary N) is 2. The van der Waals surface area contributed by atoms with E-state index < -0.39 is 15.8 Å². The highest BCUT2D eigenvalue weighted by atomic mass is 35.5. The largest absolute Gasteiger partial charge is 0.363 e. The fourth-order valence-corrected chi connectivity index (χ4v) is 6.03. The van der Waals surface area contributed by atoms with Crippen molar-refractivity contribution < 1.29 is 26.5 Å². The zero-order valence-corrected chi connectivity index (χ0v) is 22.8. The number of hydrogen-bond donors (Lipinski definition) is 2. The van der Waals surface area contributed by atoms with Crippen LogP contribution in [0.5, 0.6) is 0 Å². The number of rotatable bonds is 7. The summed E-state index contributed by atoms with van der Waals surface area (Å²) >= 11 is 6.27. The second-order valence-corrected chi connectivity index (χ2v) is 11.3. The van der Waals surface area contributed by atoms with Crippen molar-refractivity contribution >= 4 is 44.7 Å². The molecule has 0 aliphatic carbocycles. The molecule has 0 unspecified atom stereocenters. The van der Waals surface area contributed by atoms with Crippen molar-refractivity contribution in [1.29, 1.82) is 0 Å². The molecule has 40 heavy (non-hydrogen) atoms. The summed E-state index contributed by atoms with van der Waals surface area (Å²) in [6.45, 7) is 2.33. The number of sulfonamides is 1. The molecule has 1 fully saturated rings. The minimum atomic E-state index is -4.24. The minimum Gasteiger partial charge on any atom is -0.363 e. The molecule has 0 bridgehead atoms. The quantitative estimate of drug-likeness (QED) is 0.277. The van der Waals surface area contributed by atoms with Crippen molar-refractivity contribution in [2.24, 2.45) is 0 Å². The van der Waals surface area contributed by atoms with Crippen molar-refractivity contribution in [2.75, 3.05) is 23.1 Å². The molecule has 3 heterocycles. The van der Waals surface area contributed by atoms with Crippen molar-refractivity contribution in [2.45, 2.75) is 30.7 Å². The van der Waals surface area contributed by atoms with Crippen LogP contribution in [0.4, 0.5) is 26.0 Å². The molecular weight excluding hydrogens is 564 g/mol. The number of amides is 1. The minimum absolute atomic E-state index is 0.0481. The summed E-state index contributed by atoms with van der Waals surface area (Å²) in [4.78, 5) is 19.5. The number of carbonyl (C=O) groups excluding carboxylic acids is 1. The molecular formula is C27H24ClF2N5O4S. The van der Waals surface area contributed by atoms with Gasteiger partial charge in [-0.25, -0.2) is 13.8 Å². The highest BCUT2D eigenvalue weighted by molar-refractivity contribution is 7.92. The second kappa shape index (κ2) is 11.2. The van der Waals surface area contributed by atoms with Gasteiger partial charge in [0.15, 0.2) is 10.8 Å². The van der Waals surface area contributed by atoms with Gasteiger partial charge in [0.2, 0.25) is 0 Å². The number of pyridine rings is 1. The normalized spacial score (nSPS) is 14.2. The highest BCUT2D eigenvalue weighted by Gasteiger charge is 2.30. The lowest BCUT2D eigenvalue weighted by Crippen LogP contribution is -2.38. The van der Waals surface area contributed by atoms with E-state index in [1.54, 1.807) is 17.0 Å². The van der Waals surface area contributed by atoms with Gasteiger partial charge in [-0.1, -0.05) is 28.9 Å². The number of carbonyl (C=O) groups is 1. The molecule has 5 rings (SSSR count). The molecule has 208 valence electrons. The number of aromatic nitrogens is 2. The lowest BCUT2D eigenvalue weighted by atomic mass is 9.89. The van der Waals surface area contributed by atoms with E-state index in [1.165, 1.54) is 49.7 Å². The number of benzene rings is 2. The first-order valence-electron chi connectivity index (χ1n) is 12.3. The van der Waals surface area contributed by atoms with Gasteiger partial charge >= 0.3 is 0 Å². The maximum Gasteiger partial charge on any atom is 0.280 e. The van der Waals surface area contributed by atoms with E-state index >= 15 is 0 Å². The molecule has 1 aliphatic heterocycles. The highest BCUT2D eigenvalue weighted by Crippen LogP contribution is 2.35. The Morgan fingerprint density at radius 1 is 1.07 bits per heavy atom. The zero-order chi connectivity index (χ0) is 28.4. The molecule has 0 radical (unpaired) electrons. The first-order valence-corrected chi connectivity index (χ1v) is 14.2. The van der Waals surface area contributed by atoms with Crippen molar-refractivity contribution in [3.8, 4) is 0 Å². The van der Waals surface area contributed by atoms with E-state index in [9.17, 15) is 22.0 Å². The Labute approximate surface area is 234 Å². The zero-order valence-electron chi connectivity index (χ0n) is 21.2. The van der Waals surface area contributed by atoms with Crippen LogP contribution >= 0.6 is 11.6 Å². The van der Waals surface area contributed by atoms with Crippen LogP contribution < -0.4 is 10.0 Å². The number of nitrogens with zero attached hydrogens (tertiary/aromatic N) is 3. The van der Waals surface area contributed by atoms with Crippen LogP contribution in [0.3, 0.4) is 0 Å². The van der Waals surface area contributed by atoms with Gasteiger partial charge in [-0.2, -0.15) is 8.42 Å². The Bertz CT molecular complexity index is 1640. The lowest BCUT2D eigenvalue weighted by Gasteiger charge is -2.33. The lowest BCUT2D eigenvalue weighted by molar-refractivity contribution is 0.0713. The molecule has 1 amide bonds. The van der Waals surface area contributed by atoms with Crippen LogP contribution in [-0.4, -0.2) is 42.5 Å². The Morgan fingerprint density at radius 2 is 1.77 bits per heavy atom. The molecule has 4 aromatic rings. The smallest absolute Gasteiger partial charge is 0.280 e. The molecule has 13 heteroatoms. The van der Waals surface area contributed by atoms with Crippen molar-refractivity contribution in [3.63, 3.8) is 0 Å². The summed E-state index contributed by atoms with van der Waals surface area (Å²) in [7, 11) is -4.24.